The zero-order chi connectivity index (χ0) is 15.5. The van der Waals surface area contributed by atoms with Crippen LogP contribution in [0.25, 0.3) is 0 Å². The minimum absolute atomic E-state index is 0.00784. The third-order valence-corrected chi connectivity index (χ3v) is 7.21. The Balaban J connectivity index is 2.05. The van der Waals surface area contributed by atoms with Crippen LogP contribution in [0.5, 0.6) is 0 Å². The molecule has 1 aliphatic rings. The highest BCUT2D eigenvalue weighted by Crippen LogP contribution is 2.32. The number of likely N-dealkylation sites (N-methyl/N-ethyl adjacent to an activating group) is 1. The van der Waals surface area contributed by atoms with Crippen molar-refractivity contribution in [3.8, 4) is 0 Å². The molecule has 2 N–H and O–H groups in total. The second kappa shape index (κ2) is 7.52. The van der Waals surface area contributed by atoms with Gasteiger partial charge in [0.2, 0.25) is 10.0 Å². The number of hydrogen-bond donors (Lipinski definition) is 2. The lowest BCUT2D eigenvalue weighted by molar-refractivity contribution is 0.407. The van der Waals surface area contributed by atoms with Gasteiger partial charge in [0.25, 0.3) is 0 Å². The Bertz CT molecular complexity index is 574. The van der Waals surface area contributed by atoms with Crippen LogP contribution < -0.4 is 10.0 Å². The van der Waals surface area contributed by atoms with E-state index in [1.54, 1.807) is 6.07 Å². The molecule has 0 aromatic carbocycles. The molecule has 0 aliphatic carbocycles. The smallest absolute Gasteiger partial charge is 0.242 e. The van der Waals surface area contributed by atoms with Gasteiger partial charge in [-0.3, -0.25) is 0 Å². The van der Waals surface area contributed by atoms with Gasteiger partial charge < -0.3 is 10.2 Å². The molecule has 120 valence electrons. The van der Waals surface area contributed by atoms with Crippen LogP contribution in [0, 0.1) is 0 Å². The van der Waals surface area contributed by atoms with E-state index in [0.29, 0.717) is 15.2 Å². The van der Waals surface area contributed by atoms with E-state index in [4.69, 9.17) is 0 Å². The van der Waals surface area contributed by atoms with Crippen molar-refractivity contribution in [1.29, 1.82) is 0 Å². The van der Waals surface area contributed by atoms with Crippen molar-refractivity contribution >= 4 is 37.3 Å². The molecule has 1 unspecified atom stereocenters. The van der Waals surface area contributed by atoms with Crippen LogP contribution in [-0.4, -0.2) is 46.0 Å². The largest absolute Gasteiger partial charge is 0.312 e. The normalized spacial score (nSPS) is 20.2. The molecule has 5 nitrogen and oxygen atoms in total. The number of rotatable bonds is 7. The summed E-state index contributed by atoms with van der Waals surface area (Å²) in [5, 5.41) is 3.29. The Labute approximate surface area is 139 Å². The molecule has 1 atom stereocenters. The number of sulfonamides is 1. The first-order valence-corrected chi connectivity index (χ1v) is 10.2. The topological polar surface area (TPSA) is 61.4 Å². The highest BCUT2D eigenvalue weighted by Gasteiger charge is 2.27. The van der Waals surface area contributed by atoms with Crippen LogP contribution >= 0.6 is 27.3 Å². The summed E-state index contributed by atoms with van der Waals surface area (Å²) < 4.78 is 28.5. The van der Waals surface area contributed by atoms with Gasteiger partial charge >= 0.3 is 0 Å². The Hall–Kier alpha value is 0.01000. The Kier molecular flexibility index (Phi) is 6.22. The summed E-state index contributed by atoms with van der Waals surface area (Å²) in [4.78, 5) is 3.52. The van der Waals surface area contributed by atoms with E-state index in [0.717, 1.165) is 37.4 Å². The van der Waals surface area contributed by atoms with Crippen LogP contribution in [0.3, 0.4) is 0 Å². The van der Waals surface area contributed by atoms with Crippen molar-refractivity contribution < 1.29 is 8.42 Å². The van der Waals surface area contributed by atoms with E-state index >= 15 is 0 Å². The minimum Gasteiger partial charge on any atom is -0.312 e. The highest BCUT2D eigenvalue weighted by molar-refractivity contribution is 9.11. The van der Waals surface area contributed by atoms with E-state index in [2.05, 4.69) is 37.8 Å². The zero-order valence-corrected chi connectivity index (χ0v) is 15.6. The fourth-order valence-electron chi connectivity index (χ4n) is 2.37. The van der Waals surface area contributed by atoms with Crippen LogP contribution in [0.15, 0.2) is 14.7 Å². The Morgan fingerprint density at radius 3 is 2.90 bits per heavy atom. The molecule has 2 heterocycles. The predicted molar refractivity (Wildman–Crippen MR) is 90.2 cm³/mol. The van der Waals surface area contributed by atoms with Gasteiger partial charge in [-0.2, -0.15) is 0 Å². The maximum absolute atomic E-state index is 12.5. The average Bonchev–Trinajstić information content (AvgIpc) is 2.96. The summed E-state index contributed by atoms with van der Waals surface area (Å²) in [6, 6.07) is 1.77. The van der Waals surface area contributed by atoms with E-state index in [-0.39, 0.29) is 6.04 Å². The number of halogens is 1. The van der Waals surface area contributed by atoms with Crippen LogP contribution in [0.2, 0.25) is 0 Å². The van der Waals surface area contributed by atoms with Crippen molar-refractivity contribution in [2.75, 3.05) is 26.7 Å². The number of nitrogens with one attached hydrogen (secondary N) is 2. The lowest BCUT2D eigenvalue weighted by atomic mass is 10.3. The van der Waals surface area contributed by atoms with Crippen molar-refractivity contribution in [3.05, 3.63) is 14.7 Å². The quantitative estimate of drug-likeness (QED) is 0.693. The third-order valence-electron chi connectivity index (χ3n) is 3.44. The molecule has 2 rings (SSSR count). The first-order valence-electron chi connectivity index (χ1n) is 7.12. The molecule has 0 bridgehead atoms. The fourth-order valence-corrected chi connectivity index (χ4v) is 6.28. The summed E-state index contributed by atoms with van der Waals surface area (Å²) in [5.41, 5.74) is 0. The lowest BCUT2D eigenvalue weighted by Gasteiger charge is -2.12. The summed E-state index contributed by atoms with van der Waals surface area (Å²) in [7, 11) is -1.44. The first-order chi connectivity index (χ1) is 9.92. The molecule has 1 aromatic rings. The summed E-state index contributed by atoms with van der Waals surface area (Å²) >= 11 is 4.86. The molecule has 21 heavy (non-hydrogen) atoms. The molecular weight excluding hydrogens is 374 g/mol. The maximum atomic E-state index is 12.5. The Morgan fingerprint density at radius 2 is 2.29 bits per heavy atom. The fraction of sp³-hybridized carbons (Fsp3) is 0.692. The van der Waals surface area contributed by atoms with Crippen molar-refractivity contribution in [1.82, 2.24) is 14.9 Å². The molecule has 0 spiro atoms. The van der Waals surface area contributed by atoms with Crippen LogP contribution in [0.4, 0.5) is 0 Å². The number of thiophene rings is 1. The minimum atomic E-state index is -3.45. The van der Waals surface area contributed by atoms with Gasteiger partial charge in [0.05, 0.1) is 3.79 Å². The van der Waals surface area contributed by atoms with E-state index in [1.807, 2.05) is 7.05 Å². The SMILES string of the molecule is CCCNCc1cc(S(=O)(=O)NC2CCN(C)C2)c(Br)s1. The van der Waals surface area contributed by atoms with Gasteiger partial charge in [-0.05, 0) is 55.0 Å². The van der Waals surface area contributed by atoms with Gasteiger partial charge in [-0.25, -0.2) is 13.1 Å². The maximum Gasteiger partial charge on any atom is 0.242 e. The van der Waals surface area contributed by atoms with Crippen molar-refractivity contribution in [3.63, 3.8) is 0 Å². The third kappa shape index (κ3) is 4.74. The van der Waals surface area contributed by atoms with Gasteiger partial charge in [0, 0.05) is 24.0 Å². The molecule has 0 saturated carbocycles. The van der Waals surface area contributed by atoms with E-state index in [1.165, 1.54) is 11.3 Å². The number of hydrogen-bond acceptors (Lipinski definition) is 5. The second-order valence-electron chi connectivity index (χ2n) is 5.40. The van der Waals surface area contributed by atoms with Crippen molar-refractivity contribution in [2.45, 2.75) is 37.2 Å². The zero-order valence-electron chi connectivity index (χ0n) is 12.4. The predicted octanol–water partition coefficient (Wildman–Crippen LogP) is 1.99. The molecule has 1 fully saturated rings. The molecule has 1 aliphatic heterocycles. The van der Waals surface area contributed by atoms with Crippen LogP contribution in [-0.2, 0) is 16.6 Å². The lowest BCUT2D eigenvalue weighted by Crippen LogP contribution is -2.36. The molecule has 8 heteroatoms. The van der Waals surface area contributed by atoms with Gasteiger partial charge in [-0.15, -0.1) is 11.3 Å². The second-order valence-corrected chi connectivity index (χ2v) is 9.53. The average molecular weight is 396 g/mol. The monoisotopic (exact) mass is 395 g/mol. The highest BCUT2D eigenvalue weighted by atomic mass is 79.9. The summed E-state index contributed by atoms with van der Waals surface area (Å²) in [6.45, 7) is 5.45. The first kappa shape index (κ1) is 17.4. The molecule has 1 saturated heterocycles. The van der Waals surface area contributed by atoms with Gasteiger partial charge in [0.1, 0.15) is 4.90 Å². The summed E-state index contributed by atoms with van der Waals surface area (Å²) in [6.07, 6.45) is 1.93. The summed E-state index contributed by atoms with van der Waals surface area (Å²) in [5.74, 6) is 0. The molecule has 0 amide bonds. The van der Waals surface area contributed by atoms with E-state index in [9.17, 15) is 8.42 Å². The van der Waals surface area contributed by atoms with Crippen molar-refractivity contribution in [2.24, 2.45) is 0 Å². The Morgan fingerprint density at radius 1 is 1.52 bits per heavy atom. The van der Waals surface area contributed by atoms with E-state index < -0.39 is 10.0 Å². The number of nitrogens with zero attached hydrogens (tertiary/aromatic N) is 1. The standard InChI is InChI=1S/C13H22BrN3O2S2/c1-3-5-15-8-11-7-12(13(14)20-11)21(18,19)16-10-4-6-17(2)9-10/h7,10,15-16H,3-6,8-9H2,1-2H3. The molecular formula is C13H22BrN3O2S2. The van der Waals surface area contributed by atoms with Gasteiger partial charge in [0.15, 0.2) is 0 Å². The number of likely N-dealkylation sites (tertiary alicyclic amines) is 1. The van der Waals surface area contributed by atoms with Crippen LogP contribution in [0.1, 0.15) is 24.6 Å². The molecule has 0 radical (unpaired) electrons. The molecule has 1 aromatic heterocycles. The van der Waals surface area contributed by atoms with Gasteiger partial charge in [-0.1, -0.05) is 6.92 Å².